The van der Waals surface area contributed by atoms with Gasteiger partial charge in [0, 0.05) is 5.69 Å². The van der Waals surface area contributed by atoms with Crippen molar-refractivity contribution < 1.29 is 19.1 Å². The summed E-state index contributed by atoms with van der Waals surface area (Å²) in [5, 5.41) is 17.5. The number of carbonyl (C=O) groups excluding carboxylic acids is 3. The molecule has 8 nitrogen and oxygen atoms in total. The first-order chi connectivity index (χ1) is 19.4. The average molecular weight is 557 g/mol. The van der Waals surface area contributed by atoms with Gasteiger partial charge in [-0.2, -0.15) is 5.26 Å². The molecule has 0 heterocycles. The number of anilines is 1. The topological polar surface area (TPSA) is 112 Å². The number of fused-ring (bicyclic) bond motifs is 1. The van der Waals surface area contributed by atoms with Gasteiger partial charge in [0.25, 0.3) is 5.91 Å². The van der Waals surface area contributed by atoms with Crippen LogP contribution in [0.15, 0.2) is 60.7 Å². The van der Waals surface area contributed by atoms with E-state index >= 15 is 0 Å². The third kappa shape index (κ3) is 7.85. The van der Waals surface area contributed by atoms with Crippen molar-refractivity contribution in [1.82, 2.24) is 10.2 Å². The van der Waals surface area contributed by atoms with Gasteiger partial charge in [0.1, 0.15) is 24.2 Å². The van der Waals surface area contributed by atoms with E-state index in [1.54, 1.807) is 26.8 Å². The van der Waals surface area contributed by atoms with Crippen LogP contribution in [-0.2, 0) is 14.3 Å². The molecule has 0 saturated heterocycles. The fourth-order valence-electron chi connectivity index (χ4n) is 4.67. The monoisotopic (exact) mass is 556 g/mol. The Balaban J connectivity index is 2.07. The number of carbonyl (C=O) groups is 3. The first-order valence-electron chi connectivity index (χ1n) is 13.9. The number of ether oxygens (including phenoxy) is 1. The second-order valence-electron chi connectivity index (χ2n) is 11.4. The second-order valence-corrected chi connectivity index (χ2v) is 11.4. The number of nitrogens with zero attached hydrogens (tertiary/aromatic N) is 2. The van der Waals surface area contributed by atoms with Crippen LogP contribution in [0.2, 0.25) is 0 Å². The molecule has 0 aliphatic heterocycles. The highest BCUT2D eigenvalue weighted by Crippen LogP contribution is 2.30. The van der Waals surface area contributed by atoms with Gasteiger partial charge in [0.15, 0.2) is 0 Å². The van der Waals surface area contributed by atoms with E-state index < -0.39 is 35.6 Å². The van der Waals surface area contributed by atoms with Gasteiger partial charge in [0.05, 0.1) is 6.07 Å². The minimum atomic E-state index is -1.12. The molecule has 0 spiro atoms. The van der Waals surface area contributed by atoms with E-state index in [1.165, 1.54) is 4.90 Å². The number of hydrogen-bond donors (Lipinski definition) is 2. The zero-order valence-electron chi connectivity index (χ0n) is 24.9. The highest BCUT2D eigenvalue weighted by atomic mass is 16.6. The zero-order valence-corrected chi connectivity index (χ0v) is 24.9. The number of alkyl carbamates (subject to hydrolysis) is 1. The van der Waals surface area contributed by atoms with E-state index in [-0.39, 0.29) is 12.5 Å². The number of hydrogen-bond acceptors (Lipinski definition) is 5. The zero-order chi connectivity index (χ0) is 30.3. The Morgan fingerprint density at radius 2 is 1.68 bits per heavy atom. The van der Waals surface area contributed by atoms with E-state index in [4.69, 9.17) is 4.74 Å². The Morgan fingerprint density at radius 3 is 2.32 bits per heavy atom. The number of rotatable bonds is 9. The first-order valence-corrected chi connectivity index (χ1v) is 13.9. The highest BCUT2D eigenvalue weighted by molar-refractivity contribution is 6.00. The minimum absolute atomic E-state index is 0.293. The summed E-state index contributed by atoms with van der Waals surface area (Å²) in [5.41, 5.74) is 2.19. The van der Waals surface area contributed by atoms with Gasteiger partial charge in [0.2, 0.25) is 5.91 Å². The summed E-state index contributed by atoms with van der Waals surface area (Å²) in [6.45, 7) is 12.4. The largest absolute Gasteiger partial charge is 0.444 e. The van der Waals surface area contributed by atoms with Gasteiger partial charge in [-0.3, -0.25) is 9.59 Å². The summed E-state index contributed by atoms with van der Waals surface area (Å²) in [4.78, 5) is 42.3. The van der Waals surface area contributed by atoms with Crippen LogP contribution in [0.1, 0.15) is 63.8 Å². The van der Waals surface area contributed by atoms with Gasteiger partial charge >= 0.3 is 6.09 Å². The molecule has 0 saturated carbocycles. The fraction of sp³-hybridized carbons (Fsp3) is 0.394. The molecule has 41 heavy (non-hydrogen) atoms. The summed E-state index contributed by atoms with van der Waals surface area (Å²) < 4.78 is 5.43. The highest BCUT2D eigenvalue weighted by Gasteiger charge is 2.38. The molecular weight excluding hydrogens is 516 g/mol. The van der Waals surface area contributed by atoms with Crippen LogP contribution in [0.4, 0.5) is 10.5 Å². The molecule has 0 bridgehead atoms. The van der Waals surface area contributed by atoms with Crippen LogP contribution in [0.3, 0.4) is 0 Å². The molecule has 8 heteroatoms. The van der Waals surface area contributed by atoms with E-state index in [0.29, 0.717) is 17.7 Å². The Labute approximate surface area is 242 Å². The third-order valence-corrected chi connectivity index (χ3v) is 7.19. The van der Waals surface area contributed by atoms with E-state index in [9.17, 15) is 19.6 Å². The standard InChI is InChI=1S/C33H40N4O4/c1-8-21(2)28(36-32(40)41-33(5,6)7)31(39)37(19-18-34)29(27-15-11-12-22(3)23(27)4)30(38)35-26-17-16-24-13-9-10-14-25(24)20-26/h9-17,20-21,28-29H,8,19H2,1-7H3,(H,35,38)(H,36,40). The van der Waals surface area contributed by atoms with E-state index in [1.807, 2.05) is 82.3 Å². The molecule has 3 aromatic rings. The van der Waals surface area contributed by atoms with Crippen molar-refractivity contribution in [2.75, 3.05) is 11.9 Å². The van der Waals surface area contributed by atoms with Crippen LogP contribution < -0.4 is 10.6 Å². The predicted molar refractivity (Wildman–Crippen MR) is 161 cm³/mol. The summed E-state index contributed by atoms with van der Waals surface area (Å²) in [6, 6.07) is 18.9. The molecule has 0 aromatic heterocycles. The molecule has 0 radical (unpaired) electrons. The van der Waals surface area contributed by atoms with Gasteiger partial charge in [-0.15, -0.1) is 0 Å². The van der Waals surface area contributed by atoms with Crippen molar-refractivity contribution in [2.45, 2.75) is 72.6 Å². The van der Waals surface area contributed by atoms with Crippen molar-refractivity contribution in [3.63, 3.8) is 0 Å². The molecule has 216 valence electrons. The maximum absolute atomic E-state index is 14.2. The summed E-state index contributed by atoms with van der Waals surface area (Å²) in [6.07, 6.45) is -0.165. The quantitative estimate of drug-likeness (QED) is 0.295. The van der Waals surface area contributed by atoms with Crippen LogP contribution >= 0.6 is 0 Å². The lowest BCUT2D eigenvalue weighted by Crippen LogP contribution is -2.54. The lowest BCUT2D eigenvalue weighted by Gasteiger charge is -2.35. The van der Waals surface area contributed by atoms with Crippen LogP contribution in [0, 0.1) is 31.1 Å². The number of aryl methyl sites for hydroxylation is 1. The van der Waals surface area contributed by atoms with Crippen LogP contribution in [0.5, 0.6) is 0 Å². The van der Waals surface area contributed by atoms with Crippen LogP contribution in [-0.4, -0.2) is 41.0 Å². The predicted octanol–water partition coefficient (Wildman–Crippen LogP) is 6.43. The second kappa shape index (κ2) is 13.3. The molecule has 2 N–H and O–H groups in total. The van der Waals surface area contributed by atoms with Crippen molar-refractivity contribution in [1.29, 1.82) is 5.26 Å². The molecule has 3 unspecified atom stereocenters. The molecule has 3 rings (SSSR count). The van der Waals surface area contributed by atoms with Crippen molar-refractivity contribution >= 4 is 34.4 Å². The normalized spacial score (nSPS) is 13.4. The molecule has 3 atom stereocenters. The van der Waals surface area contributed by atoms with Crippen molar-refractivity contribution in [2.24, 2.45) is 5.92 Å². The van der Waals surface area contributed by atoms with Crippen molar-refractivity contribution in [3.05, 3.63) is 77.4 Å². The summed E-state index contributed by atoms with van der Waals surface area (Å²) in [7, 11) is 0. The molecule has 0 aliphatic carbocycles. The summed E-state index contributed by atoms with van der Waals surface area (Å²) in [5.74, 6) is -1.29. The number of benzene rings is 3. The Bertz CT molecular complexity index is 1450. The molecule has 3 amide bonds. The van der Waals surface area contributed by atoms with Gasteiger partial charge in [-0.25, -0.2) is 4.79 Å². The fourth-order valence-corrected chi connectivity index (χ4v) is 4.67. The number of nitriles is 1. The molecule has 0 fully saturated rings. The average Bonchev–Trinajstić information content (AvgIpc) is 2.91. The Kier molecular flexibility index (Phi) is 10.1. The van der Waals surface area contributed by atoms with E-state index in [0.717, 1.165) is 21.9 Å². The summed E-state index contributed by atoms with van der Waals surface area (Å²) >= 11 is 0. The lowest BCUT2D eigenvalue weighted by atomic mass is 9.93. The Morgan fingerprint density at radius 1 is 1.00 bits per heavy atom. The molecular formula is C33H40N4O4. The lowest BCUT2D eigenvalue weighted by molar-refractivity contribution is -0.141. The molecule has 0 aliphatic rings. The van der Waals surface area contributed by atoms with Crippen molar-refractivity contribution in [3.8, 4) is 6.07 Å². The maximum atomic E-state index is 14.2. The van der Waals surface area contributed by atoms with Gasteiger partial charge in [-0.05, 0) is 80.1 Å². The van der Waals surface area contributed by atoms with Crippen LogP contribution in [0.25, 0.3) is 10.8 Å². The first kappa shape index (κ1) is 31.2. The van der Waals surface area contributed by atoms with Gasteiger partial charge in [-0.1, -0.05) is 68.8 Å². The van der Waals surface area contributed by atoms with E-state index in [2.05, 4.69) is 16.7 Å². The van der Waals surface area contributed by atoms with Gasteiger partial charge < -0.3 is 20.3 Å². The maximum Gasteiger partial charge on any atom is 0.408 e. The third-order valence-electron chi connectivity index (χ3n) is 7.19. The number of nitrogens with one attached hydrogen (secondary N) is 2. The smallest absolute Gasteiger partial charge is 0.408 e. The SMILES string of the molecule is CCC(C)C(NC(=O)OC(C)(C)C)C(=O)N(CC#N)C(C(=O)Nc1ccc2ccccc2c1)c1cccc(C)c1C. The number of amides is 3. The Hall–Kier alpha value is -4.38. The minimum Gasteiger partial charge on any atom is -0.444 e. The molecule has 3 aromatic carbocycles.